The van der Waals surface area contributed by atoms with Gasteiger partial charge in [-0.05, 0) is 43.7 Å². The molecular formula is C13H13ClN2O2. The van der Waals surface area contributed by atoms with Crippen LogP contribution in [-0.2, 0) is 0 Å². The van der Waals surface area contributed by atoms with Gasteiger partial charge in [0.25, 0.3) is 0 Å². The first-order chi connectivity index (χ1) is 8.61. The number of benzene rings is 1. The molecule has 0 aliphatic heterocycles. The SMILES string of the molecule is COc1ccc(Oc2nnc(Cl)c(C)c2C)cc1. The van der Waals surface area contributed by atoms with Crippen LogP contribution in [0.2, 0.25) is 5.15 Å². The summed E-state index contributed by atoms with van der Waals surface area (Å²) in [5, 5.41) is 8.17. The van der Waals surface area contributed by atoms with Crippen LogP contribution in [-0.4, -0.2) is 17.3 Å². The molecule has 4 nitrogen and oxygen atoms in total. The van der Waals surface area contributed by atoms with Gasteiger partial charge in [-0.1, -0.05) is 11.6 Å². The highest BCUT2D eigenvalue weighted by Gasteiger charge is 2.10. The Hall–Kier alpha value is -1.81. The first-order valence-electron chi connectivity index (χ1n) is 5.43. The smallest absolute Gasteiger partial charge is 0.242 e. The predicted molar refractivity (Wildman–Crippen MR) is 69.6 cm³/mol. The number of nitrogens with zero attached hydrogens (tertiary/aromatic N) is 2. The highest BCUT2D eigenvalue weighted by molar-refractivity contribution is 6.30. The van der Waals surface area contributed by atoms with Crippen LogP contribution in [0.1, 0.15) is 11.1 Å². The lowest BCUT2D eigenvalue weighted by atomic mass is 10.2. The lowest BCUT2D eigenvalue weighted by Crippen LogP contribution is -1.97. The van der Waals surface area contributed by atoms with E-state index in [1.807, 2.05) is 38.1 Å². The van der Waals surface area contributed by atoms with E-state index in [-0.39, 0.29) is 0 Å². The summed E-state index contributed by atoms with van der Waals surface area (Å²) in [6, 6.07) is 7.26. The van der Waals surface area contributed by atoms with Gasteiger partial charge in [-0.2, -0.15) is 0 Å². The second-order valence-corrected chi connectivity index (χ2v) is 4.18. The van der Waals surface area contributed by atoms with E-state index in [1.54, 1.807) is 7.11 Å². The lowest BCUT2D eigenvalue weighted by Gasteiger charge is -2.09. The standard InChI is InChI=1S/C13H13ClN2O2/c1-8-9(2)13(16-15-12(8)14)18-11-6-4-10(17-3)5-7-11/h4-7H,1-3H3. The molecule has 0 bridgehead atoms. The van der Waals surface area contributed by atoms with Crippen LogP contribution in [0.25, 0.3) is 0 Å². The summed E-state index contributed by atoms with van der Waals surface area (Å²) < 4.78 is 10.7. The van der Waals surface area contributed by atoms with Gasteiger partial charge in [0.2, 0.25) is 5.88 Å². The van der Waals surface area contributed by atoms with Crippen molar-refractivity contribution < 1.29 is 9.47 Å². The minimum Gasteiger partial charge on any atom is -0.497 e. The van der Waals surface area contributed by atoms with Gasteiger partial charge in [0.15, 0.2) is 5.15 Å². The Kier molecular flexibility index (Phi) is 3.67. The second kappa shape index (κ2) is 5.23. The van der Waals surface area contributed by atoms with E-state index in [4.69, 9.17) is 21.1 Å². The molecule has 0 spiro atoms. The zero-order valence-corrected chi connectivity index (χ0v) is 11.2. The number of hydrogen-bond donors (Lipinski definition) is 0. The number of rotatable bonds is 3. The van der Waals surface area contributed by atoms with Crippen LogP contribution in [0.3, 0.4) is 0 Å². The topological polar surface area (TPSA) is 44.2 Å². The van der Waals surface area contributed by atoms with Gasteiger partial charge in [-0.3, -0.25) is 0 Å². The van der Waals surface area contributed by atoms with Crippen LogP contribution in [0.5, 0.6) is 17.4 Å². The number of hydrogen-bond acceptors (Lipinski definition) is 4. The Bertz CT molecular complexity index is 556. The molecule has 1 aromatic heterocycles. The van der Waals surface area contributed by atoms with E-state index < -0.39 is 0 Å². The molecule has 0 fully saturated rings. The van der Waals surface area contributed by atoms with Gasteiger partial charge in [-0.25, -0.2) is 0 Å². The first kappa shape index (κ1) is 12.6. The van der Waals surface area contributed by atoms with Crippen molar-refractivity contribution in [2.45, 2.75) is 13.8 Å². The van der Waals surface area contributed by atoms with Gasteiger partial charge in [0.1, 0.15) is 11.5 Å². The van der Waals surface area contributed by atoms with Crippen LogP contribution in [0, 0.1) is 13.8 Å². The van der Waals surface area contributed by atoms with Crippen LogP contribution >= 0.6 is 11.6 Å². The molecule has 0 saturated carbocycles. The maximum Gasteiger partial charge on any atom is 0.242 e. The monoisotopic (exact) mass is 264 g/mol. The van der Waals surface area contributed by atoms with Crippen molar-refractivity contribution in [3.8, 4) is 17.4 Å². The minimum absolute atomic E-state index is 0.398. The van der Waals surface area contributed by atoms with Gasteiger partial charge in [0.05, 0.1) is 7.11 Å². The highest BCUT2D eigenvalue weighted by Crippen LogP contribution is 2.27. The van der Waals surface area contributed by atoms with Crippen molar-refractivity contribution >= 4 is 11.6 Å². The van der Waals surface area contributed by atoms with Crippen molar-refractivity contribution in [1.29, 1.82) is 0 Å². The molecule has 0 saturated heterocycles. The summed E-state index contributed by atoms with van der Waals surface area (Å²) in [6.45, 7) is 3.78. The van der Waals surface area contributed by atoms with Crippen LogP contribution in [0.4, 0.5) is 0 Å². The summed E-state index contributed by atoms with van der Waals surface area (Å²) in [5.74, 6) is 1.91. The molecule has 1 aromatic carbocycles. The van der Waals surface area contributed by atoms with Crippen molar-refractivity contribution in [2.75, 3.05) is 7.11 Å². The van der Waals surface area contributed by atoms with E-state index in [2.05, 4.69) is 10.2 Å². The average molecular weight is 265 g/mol. The predicted octanol–water partition coefficient (Wildman–Crippen LogP) is 3.55. The molecule has 1 heterocycles. The molecule has 0 radical (unpaired) electrons. The van der Waals surface area contributed by atoms with E-state index >= 15 is 0 Å². The van der Waals surface area contributed by atoms with Crippen molar-refractivity contribution in [3.05, 3.63) is 40.5 Å². The third kappa shape index (κ3) is 2.54. The molecule has 0 aliphatic rings. The summed E-state index contributed by atoms with van der Waals surface area (Å²) in [4.78, 5) is 0. The number of ether oxygens (including phenoxy) is 2. The molecule has 5 heteroatoms. The molecule has 0 atom stereocenters. The van der Waals surface area contributed by atoms with Gasteiger partial charge < -0.3 is 9.47 Å². The Morgan fingerprint density at radius 3 is 2.17 bits per heavy atom. The van der Waals surface area contributed by atoms with E-state index in [9.17, 15) is 0 Å². The molecule has 18 heavy (non-hydrogen) atoms. The third-order valence-electron chi connectivity index (χ3n) is 2.70. The Labute approximate surface area is 111 Å². The minimum atomic E-state index is 0.398. The second-order valence-electron chi connectivity index (χ2n) is 3.82. The lowest BCUT2D eigenvalue weighted by molar-refractivity contribution is 0.411. The fourth-order valence-electron chi connectivity index (χ4n) is 1.41. The van der Waals surface area contributed by atoms with Gasteiger partial charge in [0, 0.05) is 5.56 Å². The van der Waals surface area contributed by atoms with E-state index in [0.717, 1.165) is 16.9 Å². The maximum absolute atomic E-state index is 5.88. The number of methoxy groups -OCH3 is 1. The average Bonchev–Trinajstić information content (AvgIpc) is 2.40. The van der Waals surface area contributed by atoms with Crippen molar-refractivity contribution in [3.63, 3.8) is 0 Å². The summed E-state index contributed by atoms with van der Waals surface area (Å²) in [6.07, 6.45) is 0. The fourth-order valence-corrected chi connectivity index (χ4v) is 1.59. The molecule has 2 rings (SSSR count). The van der Waals surface area contributed by atoms with E-state index in [1.165, 1.54) is 0 Å². The highest BCUT2D eigenvalue weighted by atomic mass is 35.5. The zero-order valence-electron chi connectivity index (χ0n) is 10.4. The molecule has 0 N–H and O–H groups in total. The fraction of sp³-hybridized carbons (Fsp3) is 0.231. The van der Waals surface area contributed by atoms with Crippen molar-refractivity contribution in [2.24, 2.45) is 0 Å². The van der Waals surface area contributed by atoms with E-state index in [0.29, 0.717) is 16.8 Å². The Morgan fingerprint density at radius 1 is 0.944 bits per heavy atom. The zero-order chi connectivity index (χ0) is 13.1. The van der Waals surface area contributed by atoms with Crippen molar-refractivity contribution in [1.82, 2.24) is 10.2 Å². The normalized spacial score (nSPS) is 10.2. The third-order valence-corrected chi connectivity index (χ3v) is 3.05. The summed E-state index contributed by atoms with van der Waals surface area (Å²) >= 11 is 5.88. The van der Waals surface area contributed by atoms with Gasteiger partial charge >= 0.3 is 0 Å². The summed E-state index contributed by atoms with van der Waals surface area (Å²) in [7, 11) is 1.62. The molecule has 0 unspecified atom stereocenters. The molecule has 0 amide bonds. The number of halogens is 1. The largest absolute Gasteiger partial charge is 0.497 e. The first-order valence-corrected chi connectivity index (χ1v) is 5.81. The molecular weight excluding hydrogens is 252 g/mol. The molecule has 0 aliphatic carbocycles. The van der Waals surface area contributed by atoms with Crippen LogP contribution in [0.15, 0.2) is 24.3 Å². The Morgan fingerprint density at radius 2 is 1.56 bits per heavy atom. The maximum atomic E-state index is 5.88. The molecule has 2 aromatic rings. The number of aromatic nitrogens is 2. The van der Waals surface area contributed by atoms with Gasteiger partial charge in [-0.15, -0.1) is 10.2 Å². The molecule has 94 valence electrons. The Balaban J connectivity index is 2.25. The quantitative estimate of drug-likeness (QED) is 0.850. The summed E-state index contributed by atoms with van der Waals surface area (Å²) in [5.41, 5.74) is 1.75. The van der Waals surface area contributed by atoms with Crippen LogP contribution < -0.4 is 9.47 Å².